The van der Waals surface area contributed by atoms with Crippen molar-refractivity contribution in [1.29, 1.82) is 0 Å². The topological polar surface area (TPSA) is 73.6 Å². The number of halogens is 1. The highest BCUT2D eigenvalue weighted by atomic mass is 19.1. The molecule has 0 fully saturated rings. The second-order valence-corrected chi connectivity index (χ2v) is 4.11. The number of hydrogen-bond donors (Lipinski definition) is 1. The molecule has 0 saturated heterocycles. The van der Waals surface area contributed by atoms with Crippen molar-refractivity contribution in [3.8, 4) is 5.75 Å². The summed E-state index contributed by atoms with van der Waals surface area (Å²) in [6.07, 6.45) is 0.299. The Kier molecular flexibility index (Phi) is 7.52. The van der Waals surface area contributed by atoms with Crippen LogP contribution in [0.2, 0.25) is 0 Å². The summed E-state index contributed by atoms with van der Waals surface area (Å²) in [5.41, 5.74) is 0.681. The largest absolute Gasteiger partial charge is 0.493 e. The van der Waals surface area contributed by atoms with Crippen molar-refractivity contribution >= 4 is 5.69 Å². The summed E-state index contributed by atoms with van der Waals surface area (Å²) in [7, 11) is 1.60. The molecule has 0 aromatic heterocycles. The van der Waals surface area contributed by atoms with Crippen LogP contribution in [0.3, 0.4) is 0 Å². The molecule has 0 heterocycles. The summed E-state index contributed by atoms with van der Waals surface area (Å²) < 4.78 is 22.4. The number of rotatable bonds is 10. The van der Waals surface area contributed by atoms with Crippen molar-refractivity contribution in [2.24, 2.45) is 0 Å². The van der Waals surface area contributed by atoms with E-state index in [1.54, 1.807) is 13.2 Å². The Hall–Kier alpha value is -1.73. The van der Waals surface area contributed by atoms with Crippen molar-refractivity contribution in [3.05, 3.63) is 33.9 Å². The first-order valence-corrected chi connectivity index (χ1v) is 6.34. The molecule has 7 heteroatoms. The first-order valence-electron chi connectivity index (χ1n) is 6.34. The SMILES string of the molecule is COCCNCc1cc([N+](=O)[O-])ccc1OCCCF. The lowest BCUT2D eigenvalue weighted by molar-refractivity contribution is -0.384. The maximum atomic E-state index is 12.1. The van der Waals surface area contributed by atoms with Crippen LogP contribution in [0.1, 0.15) is 12.0 Å². The first kappa shape index (κ1) is 16.3. The minimum Gasteiger partial charge on any atom is -0.493 e. The Morgan fingerprint density at radius 1 is 1.40 bits per heavy atom. The summed E-state index contributed by atoms with van der Waals surface area (Å²) in [5, 5.41) is 13.9. The van der Waals surface area contributed by atoms with E-state index in [0.29, 0.717) is 37.4 Å². The van der Waals surface area contributed by atoms with Crippen molar-refractivity contribution in [1.82, 2.24) is 5.32 Å². The van der Waals surface area contributed by atoms with Gasteiger partial charge >= 0.3 is 0 Å². The van der Waals surface area contributed by atoms with Crippen LogP contribution < -0.4 is 10.1 Å². The van der Waals surface area contributed by atoms with Gasteiger partial charge in [0.25, 0.3) is 5.69 Å². The van der Waals surface area contributed by atoms with Crippen molar-refractivity contribution in [3.63, 3.8) is 0 Å². The molecule has 0 aliphatic carbocycles. The number of nitro groups is 1. The smallest absolute Gasteiger partial charge is 0.270 e. The molecule has 0 bridgehead atoms. The second kappa shape index (κ2) is 9.22. The zero-order chi connectivity index (χ0) is 14.8. The Balaban J connectivity index is 2.72. The van der Waals surface area contributed by atoms with E-state index in [0.717, 1.165) is 0 Å². The molecule has 20 heavy (non-hydrogen) atoms. The molecule has 0 aliphatic rings. The zero-order valence-corrected chi connectivity index (χ0v) is 11.4. The molecular formula is C13H19FN2O4. The molecule has 0 radical (unpaired) electrons. The summed E-state index contributed by atoms with van der Waals surface area (Å²) in [6, 6.07) is 4.39. The van der Waals surface area contributed by atoms with Gasteiger partial charge in [0.15, 0.2) is 0 Å². The maximum Gasteiger partial charge on any atom is 0.270 e. The lowest BCUT2D eigenvalue weighted by atomic mass is 10.1. The van der Waals surface area contributed by atoms with Gasteiger partial charge in [-0.15, -0.1) is 0 Å². The van der Waals surface area contributed by atoms with E-state index in [1.165, 1.54) is 12.1 Å². The zero-order valence-electron chi connectivity index (χ0n) is 11.4. The maximum absolute atomic E-state index is 12.1. The van der Waals surface area contributed by atoms with E-state index in [9.17, 15) is 14.5 Å². The summed E-state index contributed by atoms with van der Waals surface area (Å²) in [4.78, 5) is 10.3. The van der Waals surface area contributed by atoms with Crippen molar-refractivity contribution < 1.29 is 18.8 Å². The van der Waals surface area contributed by atoms with Crippen LogP contribution >= 0.6 is 0 Å². The van der Waals surface area contributed by atoms with E-state index in [4.69, 9.17) is 9.47 Å². The summed E-state index contributed by atoms with van der Waals surface area (Å²) >= 11 is 0. The van der Waals surface area contributed by atoms with Crippen LogP contribution in [-0.4, -0.2) is 38.5 Å². The Labute approximate surface area is 117 Å². The third-order valence-electron chi connectivity index (χ3n) is 2.59. The predicted molar refractivity (Wildman–Crippen MR) is 72.8 cm³/mol. The van der Waals surface area contributed by atoms with Crippen LogP contribution in [0.25, 0.3) is 0 Å². The van der Waals surface area contributed by atoms with Crippen LogP contribution in [-0.2, 0) is 11.3 Å². The van der Waals surface area contributed by atoms with Gasteiger partial charge in [0.05, 0.1) is 24.8 Å². The molecule has 1 N–H and O–H groups in total. The Morgan fingerprint density at radius 2 is 2.20 bits per heavy atom. The van der Waals surface area contributed by atoms with Gasteiger partial charge < -0.3 is 14.8 Å². The van der Waals surface area contributed by atoms with Gasteiger partial charge in [0.1, 0.15) is 5.75 Å². The lowest BCUT2D eigenvalue weighted by Crippen LogP contribution is -2.19. The van der Waals surface area contributed by atoms with Crippen LogP contribution in [0.15, 0.2) is 18.2 Å². The van der Waals surface area contributed by atoms with E-state index in [2.05, 4.69) is 5.32 Å². The second-order valence-electron chi connectivity index (χ2n) is 4.11. The lowest BCUT2D eigenvalue weighted by Gasteiger charge is -2.11. The van der Waals surface area contributed by atoms with E-state index < -0.39 is 11.6 Å². The minimum absolute atomic E-state index is 0.00591. The molecule has 1 aromatic rings. The van der Waals surface area contributed by atoms with Crippen molar-refractivity contribution in [2.45, 2.75) is 13.0 Å². The van der Waals surface area contributed by atoms with Gasteiger partial charge in [0, 0.05) is 44.3 Å². The third kappa shape index (κ3) is 5.50. The van der Waals surface area contributed by atoms with Crippen molar-refractivity contribution in [2.75, 3.05) is 33.5 Å². The molecule has 0 aliphatic heterocycles. The number of non-ortho nitro benzene ring substituents is 1. The van der Waals surface area contributed by atoms with Gasteiger partial charge in [-0.3, -0.25) is 14.5 Å². The fourth-order valence-corrected chi connectivity index (χ4v) is 1.59. The van der Waals surface area contributed by atoms with Gasteiger partial charge in [-0.1, -0.05) is 0 Å². The number of benzene rings is 1. The van der Waals surface area contributed by atoms with E-state index >= 15 is 0 Å². The fraction of sp³-hybridized carbons (Fsp3) is 0.538. The van der Waals surface area contributed by atoms with E-state index in [1.807, 2.05) is 0 Å². The van der Waals surface area contributed by atoms with Gasteiger partial charge in [-0.25, -0.2) is 0 Å². The standard InChI is InChI=1S/C13H19FN2O4/c1-19-8-6-15-10-11-9-12(16(17)18)3-4-13(11)20-7-2-5-14/h3-4,9,15H,2,5-8,10H2,1H3. The molecule has 0 unspecified atom stereocenters. The molecule has 6 nitrogen and oxygen atoms in total. The van der Waals surface area contributed by atoms with Crippen LogP contribution in [0, 0.1) is 10.1 Å². The van der Waals surface area contributed by atoms with Gasteiger partial charge in [-0.2, -0.15) is 0 Å². The third-order valence-corrected chi connectivity index (χ3v) is 2.59. The molecule has 1 aromatic carbocycles. The van der Waals surface area contributed by atoms with E-state index in [-0.39, 0.29) is 12.3 Å². The first-order chi connectivity index (χ1) is 9.69. The average molecular weight is 286 g/mol. The molecular weight excluding hydrogens is 267 g/mol. The van der Waals surface area contributed by atoms with Gasteiger partial charge in [-0.05, 0) is 6.07 Å². The number of ether oxygens (including phenoxy) is 2. The number of nitro benzene ring substituents is 1. The Bertz CT molecular complexity index is 429. The summed E-state index contributed by atoms with van der Waals surface area (Å²) in [6.45, 7) is 1.40. The quantitative estimate of drug-likeness (QED) is 0.405. The number of nitrogens with zero attached hydrogens (tertiary/aromatic N) is 1. The Morgan fingerprint density at radius 3 is 2.85 bits per heavy atom. The van der Waals surface area contributed by atoms with Gasteiger partial charge in [0.2, 0.25) is 0 Å². The number of methoxy groups -OCH3 is 1. The highest BCUT2D eigenvalue weighted by Gasteiger charge is 2.11. The minimum atomic E-state index is -0.454. The molecule has 0 amide bonds. The van der Waals surface area contributed by atoms with Crippen LogP contribution in [0.5, 0.6) is 5.75 Å². The predicted octanol–water partition coefficient (Wildman–Crippen LogP) is 2.07. The number of alkyl halides is 1. The number of nitrogens with one attached hydrogen (secondary N) is 1. The molecule has 0 spiro atoms. The fourth-order valence-electron chi connectivity index (χ4n) is 1.59. The number of hydrogen-bond acceptors (Lipinski definition) is 5. The molecule has 0 saturated carbocycles. The van der Waals surface area contributed by atoms with Crippen LogP contribution in [0.4, 0.5) is 10.1 Å². The highest BCUT2D eigenvalue weighted by Crippen LogP contribution is 2.24. The molecule has 112 valence electrons. The normalized spacial score (nSPS) is 10.5. The average Bonchev–Trinajstić information content (AvgIpc) is 2.44. The monoisotopic (exact) mass is 286 g/mol. The summed E-state index contributed by atoms with van der Waals surface area (Å²) in [5.74, 6) is 0.536. The highest BCUT2D eigenvalue weighted by molar-refractivity contribution is 5.43. The molecule has 0 atom stereocenters. The molecule has 1 rings (SSSR count).